The number of rotatable bonds is 9. The van der Waals surface area contributed by atoms with Gasteiger partial charge >= 0.3 is 0 Å². The van der Waals surface area contributed by atoms with Crippen molar-refractivity contribution >= 4 is 35.2 Å². The average Bonchev–Trinajstić information content (AvgIpc) is 3.29. The van der Waals surface area contributed by atoms with Crippen LogP contribution in [0.5, 0.6) is 0 Å². The Hall–Kier alpha value is -2.84. The SMILES string of the molecule is CSCCC(NC(=O)c1ccccc1Cl)C(=O)NCc1ccc(-n2ccnc2)c(F)c1. The Morgan fingerprint density at radius 2 is 2.06 bits per heavy atom. The molecule has 1 aromatic heterocycles. The quantitative estimate of drug-likeness (QED) is 0.509. The van der Waals surface area contributed by atoms with Crippen LogP contribution >= 0.6 is 23.4 Å². The second-order valence-electron chi connectivity index (χ2n) is 6.76. The van der Waals surface area contributed by atoms with Crippen molar-refractivity contribution in [3.05, 3.63) is 83.2 Å². The van der Waals surface area contributed by atoms with Crippen LogP contribution in [0.3, 0.4) is 0 Å². The van der Waals surface area contributed by atoms with Crippen molar-refractivity contribution in [1.29, 1.82) is 0 Å². The van der Waals surface area contributed by atoms with Crippen molar-refractivity contribution in [2.24, 2.45) is 0 Å². The van der Waals surface area contributed by atoms with E-state index in [9.17, 15) is 14.0 Å². The summed E-state index contributed by atoms with van der Waals surface area (Å²) >= 11 is 7.66. The third-order valence-corrected chi connectivity index (χ3v) is 5.59. The van der Waals surface area contributed by atoms with E-state index in [-0.39, 0.29) is 12.5 Å². The number of nitrogens with zero attached hydrogens (tertiary/aromatic N) is 2. The van der Waals surface area contributed by atoms with Crippen LogP contribution in [0.15, 0.2) is 61.2 Å². The van der Waals surface area contributed by atoms with Crippen LogP contribution in [-0.4, -0.2) is 39.4 Å². The summed E-state index contributed by atoms with van der Waals surface area (Å²) in [6.07, 6.45) is 7.11. The predicted molar refractivity (Wildman–Crippen MR) is 121 cm³/mol. The van der Waals surface area contributed by atoms with Crippen LogP contribution in [0.4, 0.5) is 4.39 Å². The average molecular weight is 461 g/mol. The van der Waals surface area contributed by atoms with Gasteiger partial charge in [-0.2, -0.15) is 11.8 Å². The first kappa shape index (κ1) is 22.8. The van der Waals surface area contributed by atoms with Gasteiger partial charge in [-0.15, -0.1) is 0 Å². The number of imidazole rings is 1. The number of benzene rings is 2. The van der Waals surface area contributed by atoms with Crippen molar-refractivity contribution in [2.75, 3.05) is 12.0 Å². The zero-order valence-corrected chi connectivity index (χ0v) is 18.4. The summed E-state index contributed by atoms with van der Waals surface area (Å²) in [5.74, 6) is -0.485. The molecule has 1 unspecified atom stereocenters. The molecule has 1 heterocycles. The molecule has 2 aromatic carbocycles. The van der Waals surface area contributed by atoms with E-state index in [1.54, 1.807) is 65.1 Å². The Labute approximate surface area is 189 Å². The third kappa shape index (κ3) is 6.08. The van der Waals surface area contributed by atoms with Gasteiger partial charge in [-0.1, -0.05) is 29.8 Å². The molecule has 2 amide bonds. The van der Waals surface area contributed by atoms with E-state index in [1.807, 2.05) is 6.26 Å². The number of thioether (sulfide) groups is 1. The lowest BCUT2D eigenvalue weighted by atomic mass is 10.1. The molecule has 3 rings (SSSR count). The summed E-state index contributed by atoms with van der Waals surface area (Å²) in [5, 5.41) is 5.85. The molecule has 0 spiro atoms. The number of carbonyl (C=O) groups excluding carboxylic acids is 2. The Balaban J connectivity index is 1.64. The van der Waals surface area contributed by atoms with E-state index in [4.69, 9.17) is 11.6 Å². The van der Waals surface area contributed by atoms with E-state index >= 15 is 0 Å². The summed E-state index contributed by atoms with van der Waals surface area (Å²) in [6, 6.07) is 10.7. The maximum Gasteiger partial charge on any atom is 0.253 e. The van der Waals surface area contributed by atoms with Crippen molar-refractivity contribution in [2.45, 2.75) is 19.0 Å². The third-order valence-electron chi connectivity index (χ3n) is 4.61. The van der Waals surface area contributed by atoms with Gasteiger partial charge in [-0.25, -0.2) is 9.37 Å². The van der Waals surface area contributed by atoms with E-state index in [2.05, 4.69) is 15.6 Å². The molecule has 0 fully saturated rings. The highest BCUT2D eigenvalue weighted by atomic mass is 35.5. The Bertz CT molecular complexity index is 1050. The van der Waals surface area contributed by atoms with Gasteiger partial charge in [0.15, 0.2) is 0 Å². The lowest BCUT2D eigenvalue weighted by Gasteiger charge is -2.19. The molecule has 162 valence electrons. The number of carbonyl (C=O) groups is 2. The van der Waals surface area contributed by atoms with Crippen molar-refractivity contribution < 1.29 is 14.0 Å². The maximum absolute atomic E-state index is 14.4. The first-order valence-corrected chi connectivity index (χ1v) is 11.4. The Kier molecular flexibility index (Phi) is 8.08. The first-order chi connectivity index (χ1) is 15.0. The molecular weight excluding hydrogens is 439 g/mol. The van der Waals surface area contributed by atoms with Crippen molar-refractivity contribution in [3.8, 4) is 5.69 Å². The maximum atomic E-state index is 14.4. The molecule has 9 heteroatoms. The highest BCUT2D eigenvalue weighted by Crippen LogP contribution is 2.16. The minimum Gasteiger partial charge on any atom is -0.350 e. The number of aromatic nitrogens is 2. The lowest BCUT2D eigenvalue weighted by Crippen LogP contribution is -2.47. The summed E-state index contributed by atoms with van der Waals surface area (Å²) < 4.78 is 16.0. The summed E-state index contributed by atoms with van der Waals surface area (Å²) in [6.45, 7) is 0.137. The van der Waals surface area contributed by atoms with E-state index in [0.29, 0.717) is 34.0 Å². The van der Waals surface area contributed by atoms with Crippen molar-refractivity contribution in [3.63, 3.8) is 0 Å². The summed E-state index contributed by atoms with van der Waals surface area (Å²) in [5.41, 5.74) is 1.29. The molecule has 0 bridgehead atoms. The smallest absolute Gasteiger partial charge is 0.253 e. The highest BCUT2D eigenvalue weighted by Gasteiger charge is 2.22. The van der Waals surface area contributed by atoms with Gasteiger partial charge in [-0.3, -0.25) is 9.59 Å². The zero-order valence-electron chi connectivity index (χ0n) is 16.8. The number of halogens is 2. The van der Waals surface area contributed by atoms with Crippen LogP contribution in [0, 0.1) is 5.82 Å². The molecule has 0 saturated carbocycles. The molecule has 0 aliphatic carbocycles. The number of hydrogen-bond acceptors (Lipinski definition) is 4. The van der Waals surface area contributed by atoms with Gasteiger partial charge < -0.3 is 15.2 Å². The molecule has 1 atom stereocenters. The van der Waals surface area contributed by atoms with Gasteiger partial charge in [0.2, 0.25) is 5.91 Å². The fraction of sp³-hybridized carbons (Fsp3) is 0.227. The topological polar surface area (TPSA) is 76.0 Å². The molecule has 31 heavy (non-hydrogen) atoms. The molecule has 0 radical (unpaired) electrons. The second kappa shape index (κ2) is 11.0. The van der Waals surface area contributed by atoms with Crippen LogP contribution < -0.4 is 10.6 Å². The van der Waals surface area contributed by atoms with E-state index in [1.165, 1.54) is 12.4 Å². The molecular formula is C22H22ClFN4O2S. The van der Waals surface area contributed by atoms with E-state index < -0.39 is 17.8 Å². The fourth-order valence-electron chi connectivity index (χ4n) is 2.97. The lowest BCUT2D eigenvalue weighted by molar-refractivity contribution is -0.123. The minimum atomic E-state index is -0.730. The molecule has 0 saturated heterocycles. The standard InChI is InChI=1S/C22H22ClFN4O2S/c1-31-11-8-19(27-21(29)16-4-2-3-5-17(16)23)22(30)26-13-15-6-7-20(18(24)12-15)28-10-9-25-14-28/h2-7,9-10,12,14,19H,8,11,13H2,1H3,(H,26,30)(H,27,29). The molecule has 0 aliphatic rings. The monoisotopic (exact) mass is 460 g/mol. The van der Waals surface area contributed by atoms with Crippen LogP contribution in [-0.2, 0) is 11.3 Å². The van der Waals surface area contributed by atoms with Crippen molar-refractivity contribution in [1.82, 2.24) is 20.2 Å². The fourth-order valence-corrected chi connectivity index (χ4v) is 3.66. The van der Waals surface area contributed by atoms with Crippen LogP contribution in [0.25, 0.3) is 5.69 Å². The molecule has 3 aromatic rings. The first-order valence-electron chi connectivity index (χ1n) is 9.58. The summed E-state index contributed by atoms with van der Waals surface area (Å²) in [7, 11) is 0. The normalized spacial score (nSPS) is 11.7. The van der Waals surface area contributed by atoms with Gasteiger partial charge in [0.05, 0.1) is 22.6 Å². The predicted octanol–water partition coefficient (Wildman–Crippen LogP) is 3.83. The number of nitrogens with one attached hydrogen (secondary N) is 2. The minimum absolute atomic E-state index is 0.137. The largest absolute Gasteiger partial charge is 0.350 e. The van der Waals surface area contributed by atoms with Crippen LogP contribution in [0.1, 0.15) is 22.3 Å². The summed E-state index contributed by atoms with van der Waals surface area (Å²) in [4.78, 5) is 29.2. The van der Waals surface area contributed by atoms with Gasteiger partial charge in [0.1, 0.15) is 11.9 Å². The van der Waals surface area contributed by atoms with Gasteiger partial charge in [0.25, 0.3) is 5.91 Å². The Morgan fingerprint density at radius 1 is 1.26 bits per heavy atom. The molecule has 2 N–H and O–H groups in total. The van der Waals surface area contributed by atoms with Gasteiger partial charge in [0, 0.05) is 18.9 Å². The molecule has 6 nitrogen and oxygen atoms in total. The second-order valence-corrected chi connectivity index (χ2v) is 8.15. The number of hydrogen-bond donors (Lipinski definition) is 2. The molecule has 0 aliphatic heterocycles. The van der Waals surface area contributed by atoms with E-state index in [0.717, 1.165) is 0 Å². The number of amides is 2. The Morgan fingerprint density at radius 3 is 2.74 bits per heavy atom. The van der Waals surface area contributed by atoms with Crippen LogP contribution in [0.2, 0.25) is 5.02 Å². The van der Waals surface area contributed by atoms with Gasteiger partial charge in [-0.05, 0) is 48.3 Å². The highest BCUT2D eigenvalue weighted by molar-refractivity contribution is 7.98. The zero-order chi connectivity index (χ0) is 22.2.